The molecule has 0 unspecified atom stereocenters. The minimum Gasteiger partial charge on any atom is -0.477 e. The molecular formula is C44H49F3N10O4. The number of alkyl halides is 1. The molecule has 2 bridgehead atoms. The van der Waals surface area contributed by atoms with E-state index in [1.54, 1.807) is 27.9 Å². The molecule has 4 atom stereocenters. The number of halogens is 3. The molecule has 3 amide bonds. The van der Waals surface area contributed by atoms with Crippen molar-refractivity contribution >= 4 is 46.4 Å². The lowest BCUT2D eigenvalue weighted by Crippen LogP contribution is -2.58. The van der Waals surface area contributed by atoms with Crippen LogP contribution in [0.3, 0.4) is 0 Å². The molecule has 0 spiro atoms. The average Bonchev–Trinajstić information content (AvgIpc) is 3.77. The Hall–Kier alpha value is -5.97. The second-order valence-corrected chi connectivity index (χ2v) is 16.8. The molecule has 5 aliphatic rings. The van der Waals surface area contributed by atoms with Crippen molar-refractivity contribution in [3.8, 4) is 17.1 Å². The summed E-state index contributed by atoms with van der Waals surface area (Å²) in [5, 5.41) is 9.95. The standard InChI is InChI=1S/C44H49F3N10O4/c1-25-5-4-16-61-43-31(22-48-53(43)3)36-18-27(17-26(2)49-36)41(59)52-44-50-35-8-6-28(21-38(35)57(44)23-25)54-12-14-55(15-13-54)37-10-11-56(24-34(37)47)29-19-32(45)40(33(46)20-29)30-7-9-39(58)51-42(30)60/h6,8,17-22,25,30,34,37H,4-5,7,9-16,23-24H2,1-3H3,(H,50,52,59)(H,51,58,60)/t25-,30-,34-,37-/m1/s1. The molecule has 0 saturated carbocycles. The van der Waals surface area contributed by atoms with Gasteiger partial charge in [-0.15, -0.1) is 0 Å². The summed E-state index contributed by atoms with van der Waals surface area (Å²) in [6.45, 7) is 8.20. The van der Waals surface area contributed by atoms with Crippen molar-refractivity contribution in [1.29, 1.82) is 0 Å². The number of imide groups is 1. The number of aliphatic imine (C=N–C) groups is 1. The Morgan fingerprint density at radius 1 is 0.869 bits per heavy atom. The summed E-state index contributed by atoms with van der Waals surface area (Å²) in [4.78, 5) is 55.3. The number of guanidine groups is 1. The predicted molar refractivity (Wildman–Crippen MR) is 225 cm³/mol. The van der Waals surface area contributed by atoms with Crippen molar-refractivity contribution in [3.63, 3.8) is 0 Å². The number of rotatable bonds is 4. The first-order valence-electron chi connectivity index (χ1n) is 21.1. The van der Waals surface area contributed by atoms with E-state index in [0.717, 1.165) is 47.6 Å². The molecule has 2 aromatic heterocycles. The quantitative estimate of drug-likeness (QED) is 0.250. The van der Waals surface area contributed by atoms with Gasteiger partial charge in [0.15, 0.2) is 0 Å². The summed E-state index contributed by atoms with van der Waals surface area (Å²) in [6.07, 6.45) is 2.67. The van der Waals surface area contributed by atoms with Gasteiger partial charge < -0.3 is 24.8 Å². The van der Waals surface area contributed by atoms with Crippen molar-refractivity contribution in [2.24, 2.45) is 18.0 Å². The van der Waals surface area contributed by atoms with Gasteiger partial charge >= 0.3 is 0 Å². The van der Waals surface area contributed by atoms with Crippen molar-refractivity contribution in [2.45, 2.75) is 64.1 Å². The average molecular weight is 839 g/mol. The van der Waals surface area contributed by atoms with E-state index in [4.69, 9.17) is 9.72 Å². The Morgan fingerprint density at radius 3 is 2.41 bits per heavy atom. The van der Waals surface area contributed by atoms with Crippen molar-refractivity contribution < 1.29 is 32.3 Å². The monoisotopic (exact) mass is 838 g/mol. The van der Waals surface area contributed by atoms with Gasteiger partial charge in [-0.05, 0) is 81.0 Å². The zero-order valence-electron chi connectivity index (χ0n) is 34.5. The van der Waals surface area contributed by atoms with E-state index >= 15 is 13.2 Å². The Balaban J connectivity index is 0.871. The molecule has 3 saturated heterocycles. The number of nitrogens with zero attached hydrogens (tertiary/aromatic N) is 8. The van der Waals surface area contributed by atoms with Gasteiger partial charge in [-0.3, -0.25) is 29.6 Å². The van der Waals surface area contributed by atoms with Gasteiger partial charge in [-0.25, -0.2) is 17.9 Å². The van der Waals surface area contributed by atoms with Gasteiger partial charge in [-0.1, -0.05) is 6.92 Å². The van der Waals surface area contributed by atoms with Crippen LogP contribution in [0.1, 0.15) is 66.6 Å². The Morgan fingerprint density at radius 2 is 1.66 bits per heavy atom. The first-order chi connectivity index (χ1) is 29.4. The molecular weight excluding hydrogens is 790 g/mol. The number of nitrogens with one attached hydrogen (secondary N) is 2. The van der Waals surface area contributed by atoms with Crippen LogP contribution in [0.25, 0.3) is 11.3 Å². The molecule has 2 N–H and O–H groups in total. The number of amides is 3. The van der Waals surface area contributed by atoms with Crippen molar-refractivity contribution in [2.75, 3.05) is 72.4 Å². The van der Waals surface area contributed by atoms with Crippen LogP contribution >= 0.6 is 0 Å². The summed E-state index contributed by atoms with van der Waals surface area (Å²) < 4.78 is 54.5. The lowest BCUT2D eigenvalue weighted by Gasteiger charge is -2.45. The number of ether oxygens (including phenoxy) is 1. The van der Waals surface area contributed by atoms with Crippen LogP contribution in [-0.2, 0) is 16.6 Å². The van der Waals surface area contributed by atoms with Crippen LogP contribution in [-0.4, -0.2) is 108 Å². The molecule has 0 aliphatic carbocycles. The maximum Gasteiger partial charge on any atom is 0.280 e. The lowest BCUT2D eigenvalue weighted by atomic mass is 9.89. The topological polar surface area (TPSA) is 141 Å². The van der Waals surface area contributed by atoms with E-state index in [-0.39, 0.29) is 42.6 Å². The maximum atomic E-state index is 16.0. The SMILES string of the molecule is Cc1cc2cc(n1)-c1cnn(C)c1OCCC[C@@H](C)CN1/C(=N/C2=O)Nc2ccc(N3CCN([C@@H]4CCN(c5cc(F)c([C@H]6CCC(=O)NC6=O)c(F)c5)C[C@H]4F)CC3)cc21. The van der Waals surface area contributed by atoms with Gasteiger partial charge in [0, 0.05) is 87.0 Å². The second kappa shape index (κ2) is 16.5. The van der Waals surface area contributed by atoms with Crippen LogP contribution in [0.15, 0.2) is 53.7 Å². The summed E-state index contributed by atoms with van der Waals surface area (Å²) in [5.41, 5.74) is 5.07. The highest BCUT2D eigenvalue weighted by molar-refractivity contribution is 6.19. The number of aromatic nitrogens is 3. The number of anilines is 4. The number of fused-ring (bicyclic) bond motifs is 7. The maximum absolute atomic E-state index is 16.0. The number of piperidine rings is 2. The predicted octanol–water partition coefficient (Wildman–Crippen LogP) is 5.56. The van der Waals surface area contributed by atoms with E-state index in [1.165, 1.54) is 0 Å². The third-order valence-electron chi connectivity index (χ3n) is 12.6. The number of carbonyl (C=O) groups excluding carboxylic acids is 3. The minimum absolute atomic E-state index is 0.00510. The van der Waals surface area contributed by atoms with Crippen LogP contribution in [0.4, 0.5) is 35.9 Å². The third kappa shape index (κ3) is 8.02. The van der Waals surface area contributed by atoms with Gasteiger partial charge in [0.25, 0.3) is 5.91 Å². The first kappa shape index (κ1) is 40.4. The van der Waals surface area contributed by atoms with E-state index in [1.807, 2.05) is 20.0 Å². The molecule has 61 heavy (non-hydrogen) atoms. The largest absolute Gasteiger partial charge is 0.477 e. The Kier molecular flexibility index (Phi) is 10.9. The fourth-order valence-electron chi connectivity index (χ4n) is 9.39. The second-order valence-electron chi connectivity index (χ2n) is 16.8. The molecule has 17 heteroatoms. The van der Waals surface area contributed by atoms with Gasteiger partial charge in [0.2, 0.25) is 23.7 Å². The molecule has 2 aromatic carbocycles. The van der Waals surface area contributed by atoms with Gasteiger partial charge in [0.1, 0.15) is 17.8 Å². The van der Waals surface area contributed by atoms with Crippen LogP contribution < -0.4 is 30.1 Å². The zero-order valence-corrected chi connectivity index (χ0v) is 34.5. The van der Waals surface area contributed by atoms with Crippen LogP contribution in [0.5, 0.6) is 5.88 Å². The van der Waals surface area contributed by atoms with E-state index in [9.17, 15) is 14.4 Å². The molecule has 7 heterocycles. The third-order valence-corrected chi connectivity index (χ3v) is 12.6. The Labute approximate surface area is 351 Å². The fraction of sp³-hybridized carbons (Fsp3) is 0.455. The fourth-order valence-corrected chi connectivity index (χ4v) is 9.39. The number of piperazine rings is 1. The van der Waals surface area contributed by atoms with E-state index in [2.05, 4.69) is 54.5 Å². The van der Waals surface area contributed by atoms with Gasteiger partial charge in [0.05, 0.1) is 47.9 Å². The van der Waals surface area contributed by atoms with Crippen molar-refractivity contribution in [3.05, 3.63) is 77.1 Å². The molecule has 14 nitrogen and oxygen atoms in total. The highest BCUT2D eigenvalue weighted by atomic mass is 19.1. The molecule has 5 aliphatic heterocycles. The summed E-state index contributed by atoms with van der Waals surface area (Å²) in [5.74, 6) is -3.11. The highest BCUT2D eigenvalue weighted by Gasteiger charge is 2.38. The molecule has 4 aromatic rings. The van der Waals surface area contributed by atoms with E-state index < -0.39 is 41.4 Å². The smallest absolute Gasteiger partial charge is 0.280 e. The highest BCUT2D eigenvalue weighted by Crippen LogP contribution is 2.39. The number of pyridine rings is 1. The first-order valence-corrected chi connectivity index (χ1v) is 21.1. The summed E-state index contributed by atoms with van der Waals surface area (Å²) in [7, 11) is 1.83. The number of hydrogen-bond acceptors (Lipinski definition) is 11. The molecule has 9 rings (SSSR count). The Bertz CT molecular complexity index is 2390. The van der Waals surface area contributed by atoms with E-state index in [0.29, 0.717) is 81.1 Å². The molecule has 0 radical (unpaired) electrons. The number of hydrogen-bond donors (Lipinski definition) is 2. The number of benzene rings is 2. The van der Waals surface area contributed by atoms with Crippen LogP contribution in [0.2, 0.25) is 0 Å². The molecule has 3 fully saturated rings. The lowest BCUT2D eigenvalue weighted by molar-refractivity contribution is -0.134. The minimum atomic E-state index is -1.25. The molecule has 320 valence electrons. The van der Waals surface area contributed by atoms with Crippen molar-refractivity contribution in [1.82, 2.24) is 25.0 Å². The van der Waals surface area contributed by atoms with Crippen LogP contribution in [0, 0.1) is 24.5 Å². The summed E-state index contributed by atoms with van der Waals surface area (Å²) in [6, 6.07) is 11.7. The zero-order chi connectivity index (χ0) is 42.5. The summed E-state index contributed by atoms with van der Waals surface area (Å²) >= 11 is 0. The van der Waals surface area contributed by atoms with Gasteiger partial charge in [-0.2, -0.15) is 10.1 Å². The normalized spacial score (nSPS) is 24.7. The number of carbonyl (C=O) groups is 3. The number of aryl methyl sites for hydroxylation is 2.